The van der Waals surface area contributed by atoms with Crippen LogP contribution in [0, 0.1) is 0 Å². The molecule has 0 saturated carbocycles. The molecule has 1 amide bonds. The summed E-state index contributed by atoms with van der Waals surface area (Å²) in [6, 6.07) is 11.2. The first-order valence-electron chi connectivity index (χ1n) is 6.33. The van der Waals surface area contributed by atoms with Crippen LogP contribution in [0.15, 0.2) is 42.5 Å². The van der Waals surface area contributed by atoms with Crippen molar-refractivity contribution in [1.82, 2.24) is 0 Å². The second-order valence-electron chi connectivity index (χ2n) is 4.54. The number of aliphatic hydroxyl groups excluding tert-OH is 1. The molecule has 0 aliphatic carbocycles. The minimum absolute atomic E-state index is 0.0594. The molecule has 108 valence electrons. The molecule has 0 spiro atoms. The van der Waals surface area contributed by atoms with Gasteiger partial charge in [-0.25, -0.2) is 0 Å². The Morgan fingerprint density at radius 2 is 1.81 bits per heavy atom. The van der Waals surface area contributed by atoms with Gasteiger partial charge < -0.3 is 15.6 Å². The molecule has 2 rings (SSSR count). The predicted octanol–water partition coefficient (Wildman–Crippen LogP) is 2.27. The van der Waals surface area contributed by atoms with Gasteiger partial charge in [0, 0.05) is 5.56 Å². The van der Waals surface area contributed by atoms with Crippen LogP contribution in [0.25, 0.3) is 0 Å². The maximum atomic E-state index is 11.6. The van der Waals surface area contributed by atoms with E-state index in [9.17, 15) is 9.59 Å². The maximum Gasteiger partial charge on any atom is 0.248 e. The van der Waals surface area contributed by atoms with Gasteiger partial charge in [-0.3, -0.25) is 9.59 Å². The number of primary amides is 1. The van der Waals surface area contributed by atoms with Gasteiger partial charge in [-0.15, -0.1) is 0 Å². The number of aliphatic hydroxyl groups is 1. The number of carbonyl (C=O) groups excluding carboxylic acids is 2. The van der Waals surface area contributed by atoms with Crippen molar-refractivity contribution in [3.63, 3.8) is 0 Å². The number of carbonyl (C=O) groups is 2. The Labute approximate surface area is 122 Å². The zero-order chi connectivity index (χ0) is 15.4. The summed E-state index contributed by atoms with van der Waals surface area (Å²) in [7, 11) is 0. The molecule has 0 aliphatic rings. The first kappa shape index (κ1) is 14.7. The van der Waals surface area contributed by atoms with Gasteiger partial charge in [0.2, 0.25) is 5.91 Å². The maximum absolute atomic E-state index is 11.6. The van der Waals surface area contributed by atoms with Gasteiger partial charge in [-0.1, -0.05) is 12.1 Å². The molecule has 0 radical (unpaired) electrons. The second-order valence-corrected chi connectivity index (χ2v) is 4.54. The summed E-state index contributed by atoms with van der Waals surface area (Å²) in [6.07, 6.45) is 0. The lowest BCUT2D eigenvalue weighted by Gasteiger charge is -2.11. The summed E-state index contributed by atoms with van der Waals surface area (Å²) in [5, 5.41) is 9.00. The SMILES string of the molecule is CC(=O)c1ccc(C(N)=O)cc1Oc1ccc(CO)cc1. The summed E-state index contributed by atoms with van der Waals surface area (Å²) in [4.78, 5) is 22.8. The van der Waals surface area contributed by atoms with Crippen molar-refractivity contribution in [2.24, 2.45) is 5.73 Å². The van der Waals surface area contributed by atoms with Crippen molar-refractivity contribution in [1.29, 1.82) is 0 Å². The minimum Gasteiger partial charge on any atom is -0.457 e. The number of benzene rings is 2. The molecule has 0 aromatic heterocycles. The molecule has 2 aromatic carbocycles. The number of hydrogen-bond donors (Lipinski definition) is 2. The number of Topliss-reactive ketones (excluding diaryl/α,β-unsaturated/α-hetero) is 1. The molecule has 0 unspecified atom stereocenters. The molecule has 5 nitrogen and oxygen atoms in total. The van der Waals surface area contributed by atoms with Crippen molar-refractivity contribution in [2.45, 2.75) is 13.5 Å². The third-order valence-electron chi connectivity index (χ3n) is 2.98. The highest BCUT2D eigenvalue weighted by molar-refractivity contribution is 5.99. The Kier molecular flexibility index (Phi) is 4.35. The molecule has 0 heterocycles. The van der Waals surface area contributed by atoms with Gasteiger partial charge in [0.15, 0.2) is 5.78 Å². The van der Waals surface area contributed by atoms with Crippen LogP contribution in [-0.2, 0) is 6.61 Å². The summed E-state index contributed by atoms with van der Waals surface area (Å²) in [5.41, 5.74) is 6.62. The van der Waals surface area contributed by atoms with Crippen molar-refractivity contribution in [2.75, 3.05) is 0 Å². The molecular weight excluding hydrogens is 270 g/mol. The second kappa shape index (κ2) is 6.19. The monoisotopic (exact) mass is 285 g/mol. The molecule has 3 N–H and O–H groups in total. The fourth-order valence-corrected chi connectivity index (χ4v) is 1.84. The average molecular weight is 285 g/mol. The largest absolute Gasteiger partial charge is 0.457 e. The van der Waals surface area contributed by atoms with Crippen LogP contribution in [-0.4, -0.2) is 16.8 Å². The van der Waals surface area contributed by atoms with E-state index in [4.69, 9.17) is 15.6 Å². The molecule has 0 saturated heterocycles. The summed E-state index contributed by atoms with van der Waals surface area (Å²) in [6.45, 7) is 1.36. The van der Waals surface area contributed by atoms with E-state index in [1.807, 2.05) is 0 Å². The van der Waals surface area contributed by atoms with Crippen LogP contribution < -0.4 is 10.5 Å². The van der Waals surface area contributed by atoms with Crippen LogP contribution in [0.1, 0.15) is 33.2 Å². The van der Waals surface area contributed by atoms with Gasteiger partial charge in [0.1, 0.15) is 11.5 Å². The number of nitrogens with two attached hydrogens (primary N) is 1. The molecule has 0 aliphatic heterocycles. The van der Waals surface area contributed by atoms with E-state index >= 15 is 0 Å². The van der Waals surface area contributed by atoms with Crippen molar-refractivity contribution < 1.29 is 19.4 Å². The van der Waals surface area contributed by atoms with Gasteiger partial charge >= 0.3 is 0 Å². The van der Waals surface area contributed by atoms with Crippen LogP contribution in [0.4, 0.5) is 0 Å². The van der Waals surface area contributed by atoms with E-state index in [0.717, 1.165) is 5.56 Å². The lowest BCUT2D eigenvalue weighted by Crippen LogP contribution is -2.11. The van der Waals surface area contributed by atoms with E-state index < -0.39 is 5.91 Å². The molecule has 2 aromatic rings. The zero-order valence-corrected chi connectivity index (χ0v) is 11.5. The van der Waals surface area contributed by atoms with Crippen molar-refractivity contribution in [3.05, 3.63) is 59.2 Å². The minimum atomic E-state index is -0.592. The van der Waals surface area contributed by atoms with E-state index in [1.54, 1.807) is 24.3 Å². The fourth-order valence-electron chi connectivity index (χ4n) is 1.84. The Morgan fingerprint density at radius 1 is 1.14 bits per heavy atom. The van der Waals surface area contributed by atoms with E-state index in [0.29, 0.717) is 11.3 Å². The highest BCUT2D eigenvalue weighted by Crippen LogP contribution is 2.27. The Balaban J connectivity index is 2.37. The van der Waals surface area contributed by atoms with Gasteiger partial charge in [-0.05, 0) is 42.8 Å². The normalized spacial score (nSPS) is 10.2. The van der Waals surface area contributed by atoms with Crippen molar-refractivity contribution in [3.8, 4) is 11.5 Å². The highest BCUT2D eigenvalue weighted by atomic mass is 16.5. The van der Waals surface area contributed by atoms with Gasteiger partial charge in [0.25, 0.3) is 0 Å². The molecular formula is C16H15NO4. The lowest BCUT2D eigenvalue weighted by atomic mass is 10.1. The topological polar surface area (TPSA) is 89.6 Å². The van der Waals surface area contributed by atoms with Crippen LogP contribution in [0.5, 0.6) is 11.5 Å². The summed E-state index contributed by atoms with van der Waals surface area (Å²) >= 11 is 0. The molecule has 21 heavy (non-hydrogen) atoms. The molecule has 5 heteroatoms. The number of rotatable bonds is 5. The van der Waals surface area contributed by atoms with E-state index in [2.05, 4.69) is 0 Å². The summed E-state index contributed by atoms with van der Waals surface area (Å²) in [5.74, 6) is 0.00504. The first-order valence-corrected chi connectivity index (χ1v) is 6.33. The molecule has 0 atom stereocenters. The number of hydrogen-bond acceptors (Lipinski definition) is 4. The third kappa shape index (κ3) is 3.46. The standard InChI is InChI=1S/C16H15NO4/c1-10(19)14-7-4-12(16(17)20)8-15(14)21-13-5-2-11(9-18)3-6-13/h2-8,18H,9H2,1H3,(H2,17,20). The average Bonchev–Trinajstić information content (AvgIpc) is 2.47. The third-order valence-corrected chi connectivity index (χ3v) is 2.98. The number of ketones is 1. The van der Waals surface area contributed by atoms with Crippen molar-refractivity contribution >= 4 is 11.7 Å². The van der Waals surface area contributed by atoms with E-state index in [-0.39, 0.29) is 23.7 Å². The van der Waals surface area contributed by atoms with Crippen LogP contribution >= 0.6 is 0 Å². The quantitative estimate of drug-likeness (QED) is 0.825. The first-order chi connectivity index (χ1) is 10.0. The van der Waals surface area contributed by atoms with Gasteiger partial charge in [0.05, 0.1) is 12.2 Å². The molecule has 0 bridgehead atoms. The summed E-state index contributed by atoms with van der Waals surface area (Å²) < 4.78 is 5.65. The predicted molar refractivity (Wildman–Crippen MR) is 77.4 cm³/mol. The Hall–Kier alpha value is -2.66. The lowest BCUT2D eigenvalue weighted by molar-refractivity contribution is 0.0991. The Morgan fingerprint density at radius 3 is 2.33 bits per heavy atom. The highest BCUT2D eigenvalue weighted by Gasteiger charge is 2.12. The fraction of sp³-hybridized carbons (Fsp3) is 0.125. The van der Waals surface area contributed by atoms with Crippen LogP contribution in [0.2, 0.25) is 0 Å². The van der Waals surface area contributed by atoms with Gasteiger partial charge in [-0.2, -0.15) is 0 Å². The smallest absolute Gasteiger partial charge is 0.248 e. The number of ether oxygens (including phenoxy) is 1. The zero-order valence-electron chi connectivity index (χ0n) is 11.5. The number of amides is 1. The van der Waals surface area contributed by atoms with Crippen LogP contribution in [0.3, 0.4) is 0 Å². The van der Waals surface area contributed by atoms with E-state index in [1.165, 1.54) is 25.1 Å². The molecule has 0 fully saturated rings. The Bertz CT molecular complexity index is 677.